The average Bonchev–Trinajstić information content (AvgIpc) is 3.20. The number of ether oxygens (including phenoxy) is 1. The second-order valence-corrected chi connectivity index (χ2v) is 14.4. The Kier molecular flexibility index (Phi) is 7.66. The number of hydrogen-bond donors (Lipinski definition) is 2. The first-order valence-electron chi connectivity index (χ1n) is 15.6. The van der Waals surface area contributed by atoms with E-state index in [2.05, 4.69) is 40.7 Å². The van der Waals surface area contributed by atoms with Crippen molar-refractivity contribution in [2.45, 2.75) is 111 Å². The van der Waals surface area contributed by atoms with Crippen molar-refractivity contribution in [2.24, 2.45) is 46.3 Å². The zero-order valence-corrected chi connectivity index (χ0v) is 24.6. The molecule has 5 rings (SSSR count). The number of anilines is 2. The highest BCUT2D eigenvalue weighted by molar-refractivity contribution is 5.91. The summed E-state index contributed by atoms with van der Waals surface area (Å²) in [5.74, 6) is 4.74. The summed E-state index contributed by atoms with van der Waals surface area (Å²) >= 11 is 0. The normalized spacial score (nSPS) is 37.1. The number of carbonyl (C=O) groups is 1. The fraction of sp³-hybridized carbons (Fsp3) is 0.735. The van der Waals surface area contributed by atoms with Gasteiger partial charge in [0.05, 0.1) is 5.56 Å². The van der Waals surface area contributed by atoms with Crippen LogP contribution in [-0.2, 0) is 4.74 Å². The minimum Gasteiger partial charge on any atom is -0.458 e. The first-order valence-corrected chi connectivity index (χ1v) is 15.6. The molecular formula is C34H52N2O2. The van der Waals surface area contributed by atoms with Crippen LogP contribution in [0.5, 0.6) is 0 Å². The Labute approximate surface area is 231 Å². The van der Waals surface area contributed by atoms with Crippen molar-refractivity contribution in [3.8, 4) is 0 Å². The molecule has 4 aliphatic rings. The summed E-state index contributed by atoms with van der Waals surface area (Å²) in [5.41, 5.74) is 15.6. The van der Waals surface area contributed by atoms with E-state index in [4.69, 9.17) is 16.2 Å². The van der Waals surface area contributed by atoms with Crippen LogP contribution in [-0.4, -0.2) is 12.1 Å². The number of esters is 1. The van der Waals surface area contributed by atoms with E-state index in [0.717, 1.165) is 54.8 Å². The topological polar surface area (TPSA) is 78.3 Å². The summed E-state index contributed by atoms with van der Waals surface area (Å²) in [6, 6.07) is 4.99. The maximum absolute atomic E-state index is 12.9. The lowest BCUT2D eigenvalue weighted by Crippen LogP contribution is -2.51. The summed E-state index contributed by atoms with van der Waals surface area (Å²) in [6.45, 7) is 12.5. The molecule has 0 aromatic heterocycles. The SMILES string of the molecule is CC(C)CCCC(C)C1CCC2C3CC=C4CC(OC(=O)c5cc(N)cc(N)c5)CCC4(C)C3CCC12C. The quantitative estimate of drug-likeness (QED) is 0.215. The summed E-state index contributed by atoms with van der Waals surface area (Å²) < 4.78 is 6.00. The van der Waals surface area contributed by atoms with Gasteiger partial charge in [-0.2, -0.15) is 0 Å². The molecule has 3 fully saturated rings. The zero-order valence-electron chi connectivity index (χ0n) is 24.6. The van der Waals surface area contributed by atoms with Gasteiger partial charge in [-0.25, -0.2) is 4.79 Å². The van der Waals surface area contributed by atoms with E-state index in [-0.39, 0.29) is 17.5 Å². The van der Waals surface area contributed by atoms with Gasteiger partial charge in [-0.15, -0.1) is 0 Å². The molecule has 8 atom stereocenters. The van der Waals surface area contributed by atoms with E-state index in [9.17, 15) is 4.79 Å². The van der Waals surface area contributed by atoms with E-state index < -0.39 is 0 Å². The van der Waals surface area contributed by atoms with Crippen molar-refractivity contribution in [3.63, 3.8) is 0 Å². The second-order valence-electron chi connectivity index (χ2n) is 14.4. The molecule has 0 amide bonds. The number of allylic oxidation sites excluding steroid dienone is 1. The minimum atomic E-state index is -0.306. The van der Waals surface area contributed by atoms with Crippen molar-refractivity contribution < 1.29 is 9.53 Å². The molecule has 210 valence electrons. The van der Waals surface area contributed by atoms with E-state index in [1.54, 1.807) is 23.8 Å². The molecule has 4 nitrogen and oxygen atoms in total. The van der Waals surface area contributed by atoms with Crippen LogP contribution in [0.3, 0.4) is 0 Å². The lowest BCUT2D eigenvalue weighted by molar-refractivity contribution is -0.0594. The van der Waals surface area contributed by atoms with Crippen molar-refractivity contribution in [3.05, 3.63) is 35.4 Å². The fourth-order valence-electron chi connectivity index (χ4n) is 9.77. The van der Waals surface area contributed by atoms with Crippen molar-refractivity contribution >= 4 is 17.3 Å². The third-order valence-electron chi connectivity index (χ3n) is 11.7. The Morgan fingerprint density at radius 2 is 1.71 bits per heavy atom. The molecule has 3 saturated carbocycles. The molecule has 8 unspecified atom stereocenters. The van der Waals surface area contributed by atoms with Crippen molar-refractivity contribution in [1.82, 2.24) is 0 Å². The molecule has 0 saturated heterocycles. The maximum atomic E-state index is 12.9. The maximum Gasteiger partial charge on any atom is 0.338 e. The molecule has 1 aromatic rings. The number of rotatable bonds is 7. The predicted molar refractivity (Wildman–Crippen MR) is 158 cm³/mol. The van der Waals surface area contributed by atoms with Gasteiger partial charge < -0.3 is 16.2 Å². The number of fused-ring (bicyclic) bond motifs is 5. The van der Waals surface area contributed by atoms with Crippen LogP contribution in [0.1, 0.15) is 116 Å². The van der Waals surface area contributed by atoms with Crippen LogP contribution in [0, 0.1) is 46.3 Å². The molecule has 1 aromatic carbocycles. The molecule has 0 aliphatic heterocycles. The van der Waals surface area contributed by atoms with Crippen LogP contribution in [0.2, 0.25) is 0 Å². The van der Waals surface area contributed by atoms with Crippen LogP contribution in [0.4, 0.5) is 11.4 Å². The number of nitrogen functional groups attached to an aromatic ring is 2. The van der Waals surface area contributed by atoms with Gasteiger partial charge in [0.15, 0.2) is 0 Å². The van der Waals surface area contributed by atoms with Crippen LogP contribution < -0.4 is 11.5 Å². The minimum absolute atomic E-state index is 0.0579. The summed E-state index contributed by atoms with van der Waals surface area (Å²) in [4.78, 5) is 12.9. The van der Waals surface area contributed by atoms with Gasteiger partial charge in [0, 0.05) is 17.8 Å². The summed E-state index contributed by atoms with van der Waals surface area (Å²) in [6.07, 6.45) is 16.5. The molecular weight excluding hydrogens is 468 g/mol. The first-order chi connectivity index (χ1) is 18.0. The third kappa shape index (κ3) is 5.02. The second kappa shape index (κ2) is 10.5. The zero-order chi connectivity index (χ0) is 27.2. The molecule has 0 radical (unpaired) electrons. The fourth-order valence-corrected chi connectivity index (χ4v) is 9.77. The molecule has 4 N–H and O–H groups in total. The van der Waals surface area contributed by atoms with Crippen LogP contribution in [0.25, 0.3) is 0 Å². The van der Waals surface area contributed by atoms with Gasteiger partial charge in [0.25, 0.3) is 0 Å². The Balaban J connectivity index is 1.25. The van der Waals surface area contributed by atoms with Gasteiger partial charge in [0.2, 0.25) is 0 Å². The Bertz CT molecular complexity index is 1040. The highest BCUT2D eigenvalue weighted by Gasteiger charge is 2.59. The Hall–Kier alpha value is -1.97. The predicted octanol–water partition coefficient (Wildman–Crippen LogP) is 8.42. The van der Waals surface area contributed by atoms with Gasteiger partial charge in [-0.05, 0) is 109 Å². The number of benzene rings is 1. The van der Waals surface area contributed by atoms with Gasteiger partial charge in [0.1, 0.15) is 6.10 Å². The van der Waals surface area contributed by atoms with E-state index >= 15 is 0 Å². The molecule has 38 heavy (non-hydrogen) atoms. The Morgan fingerprint density at radius 3 is 2.42 bits per heavy atom. The first kappa shape index (κ1) is 27.6. The van der Waals surface area contributed by atoms with Crippen molar-refractivity contribution in [2.75, 3.05) is 11.5 Å². The van der Waals surface area contributed by atoms with E-state index in [1.807, 2.05) is 0 Å². The standard InChI is InChI=1S/C34H52N2O2/c1-21(2)7-6-8-22(3)29-11-12-30-28-10-9-24-19-27(38-32(37)23-17-25(35)20-26(36)18-23)13-15-33(24,4)31(28)14-16-34(29,30)5/h9,17-18,20-22,27-31H,6-8,10-16,19,35-36H2,1-5H3. The number of nitrogens with two attached hydrogens (primary N) is 2. The van der Waals surface area contributed by atoms with E-state index in [0.29, 0.717) is 22.4 Å². The average molecular weight is 521 g/mol. The van der Waals surface area contributed by atoms with Gasteiger partial charge in [-0.1, -0.05) is 65.5 Å². The van der Waals surface area contributed by atoms with E-state index in [1.165, 1.54) is 51.4 Å². The lowest BCUT2D eigenvalue weighted by Gasteiger charge is -2.58. The molecule has 0 bridgehead atoms. The molecule has 4 heteroatoms. The molecule has 0 spiro atoms. The highest BCUT2D eigenvalue weighted by Crippen LogP contribution is 2.67. The number of carbonyl (C=O) groups excluding carboxylic acids is 1. The van der Waals surface area contributed by atoms with Crippen LogP contribution in [0.15, 0.2) is 29.8 Å². The lowest BCUT2D eigenvalue weighted by atomic mass is 9.47. The van der Waals surface area contributed by atoms with Crippen molar-refractivity contribution in [1.29, 1.82) is 0 Å². The summed E-state index contributed by atoms with van der Waals surface area (Å²) in [7, 11) is 0. The monoisotopic (exact) mass is 520 g/mol. The largest absolute Gasteiger partial charge is 0.458 e. The molecule has 0 heterocycles. The summed E-state index contributed by atoms with van der Waals surface area (Å²) in [5, 5.41) is 0. The third-order valence-corrected chi connectivity index (χ3v) is 11.7. The Morgan fingerprint density at radius 1 is 0.974 bits per heavy atom. The smallest absolute Gasteiger partial charge is 0.338 e. The highest BCUT2D eigenvalue weighted by atomic mass is 16.5. The number of hydrogen-bond acceptors (Lipinski definition) is 4. The van der Waals surface area contributed by atoms with Gasteiger partial charge >= 0.3 is 5.97 Å². The van der Waals surface area contributed by atoms with Gasteiger partial charge in [-0.3, -0.25) is 0 Å². The van der Waals surface area contributed by atoms with Crippen LogP contribution >= 0.6 is 0 Å². The molecule has 4 aliphatic carbocycles.